The van der Waals surface area contributed by atoms with E-state index in [1.165, 1.54) is 22.9 Å². The summed E-state index contributed by atoms with van der Waals surface area (Å²) in [5.74, 6) is 1.46. The number of carbonyl (C=O) groups excluding carboxylic acids is 1. The molecule has 134 valence electrons. The first-order valence-electron chi connectivity index (χ1n) is 8.19. The second kappa shape index (κ2) is 8.38. The van der Waals surface area contributed by atoms with E-state index in [1.54, 1.807) is 0 Å². The molecule has 2 aromatic rings. The van der Waals surface area contributed by atoms with Gasteiger partial charge in [0.15, 0.2) is 0 Å². The monoisotopic (exact) mass is 385 g/mol. The fourth-order valence-electron chi connectivity index (χ4n) is 2.36. The molecule has 2 aromatic carbocycles. The molecule has 26 heavy (non-hydrogen) atoms. The summed E-state index contributed by atoms with van der Waals surface area (Å²) < 4.78 is 11.9. The van der Waals surface area contributed by atoms with Gasteiger partial charge in [-0.3, -0.25) is 4.79 Å². The van der Waals surface area contributed by atoms with Crippen LogP contribution in [0.4, 0.5) is 0 Å². The number of nitrogens with one attached hydrogen (secondary N) is 1. The molecule has 1 aliphatic rings. The molecule has 0 atom stereocenters. The Morgan fingerprint density at radius 1 is 1.00 bits per heavy atom. The molecular weight excluding hydrogens is 366 g/mol. The molecular formula is C20H19NO3S2. The summed E-state index contributed by atoms with van der Waals surface area (Å²) in [5, 5.41) is 2.60. The zero-order valence-corrected chi connectivity index (χ0v) is 16.2. The second-order valence-electron chi connectivity index (χ2n) is 5.86. The highest BCUT2D eigenvalue weighted by atomic mass is 32.2. The number of carbonyl (C=O) groups is 1. The minimum absolute atomic E-state index is 0.149. The Morgan fingerprint density at radius 3 is 2.27 bits per heavy atom. The lowest BCUT2D eigenvalue weighted by Gasteiger charge is -2.10. The molecule has 3 rings (SSSR count). The van der Waals surface area contributed by atoms with E-state index in [4.69, 9.17) is 21.7 Å². The molecule has 0 bridgehead atoms. The van der Waals surface area contributed by atoms with Crippen LogP contribution in [0, 0.1) is 13.8 Å². The standard InChI is InChI=1S/C20H19NO3S2/c1-13-3-6-17(11-14(13)2)24-10-9-23-16-7-4-15(5-8-16)12-18-19(22)21-20(25)26-18/h3-8,11-12H,9-10H2,1-2H3,(H,21,22,25)/b18-12-. The predicted molar refractivity (Wildman–Crippen MR) is 110 cm³/mol. The van der Waals surface area contributed by atoms with Gasteiger partial charge in [-0.1, -0.05) is 42.2 Å². The Kier molecular flexibility index (Phi) is 5.96. The van der Waals surface area contributed by atoms with E-state index in [9.17, 15) is 4.79 Å². The van der Waals surface area contributed by atoms with Gasteiger partial charge in [-0.25, -0.2) is 0 Å². The number of hydrogen-bond donors (Lipinski definition) is 1. The number of benzene rings is 2. The number of thioether (sulfide) groups is 1. The smallest absolute Gasteiger partial charge is 0.263 e. The first-order chi connectivity index (χ1) is 12.5. The number of thiocarbonyl (C=S) groups is 1. The lowest BCUT2D eigenvalue weighted by Crippen LogP contribution is -2.17. The third-order valence-corrected chi connectivity index (χ3v) is 5.08. The van der Waals surface area contributed by atoms with Gasteiger partial charge < -0.3 is 14.8 Å². The molecule has 6 heteroatoms. The maximum atomic E-state index is 11.7. The van der Waals surface area contributed by atoms with E-state index < -0.39 is 0 Å². The van der Waals surface area contributed by atoms with Crippen LogP contribution in [0.2, 0.25) is 0 Å². The number of amides is 1. The minimum atomic E-state index is -0.149. The van der Waals surface area contributed by atoms with Crippen LogP contribution in [-0.2, 0) is 4.79 Å². The van der Waals surface area contributed by atoms with Crippen molar-refractivity contribution in [2.24, 2.45) is 0 Å². The zero-order chi connectivity index (χ0) is 18.5. The average Bonchev–Trinajstić information content (AvgIpc) is 2.93. The third kappa shape index (κ3) is 4.86. The topological polar surface area (TPSA) is 47.6 Å². The van der Waals surface area contributed by atoms with Crippen molar-refractivity contribution in [3.05, 3.63) is 64.1 Å². The number of rotatable bonds is 6. The van der Waals surface area contributed by atoms with E-state index in [0.717, 1.165) is 17.1 Å². The summed E-state index contributed by atoms with van der Waals surface area (Å²) in [6.07, 6.45) is 1.81. The van der Waals surface area contributed by atoms with Gasteiger partial charge in [0.05, 0.1) is 4.91 Å². The Balaban J connectivity index is 1.48. The highest BCUT2D eigenvalue weighted by molar-refractivity contribution is 8.26. The lowest BCUT2D eigenvalue weighted by molar-refractivity contribution is -0.115. The van der Waals surface area contributed by atoms with Crippen LogP contribution in [0.5, 0.6) is 11.5 Å². The Bertz CT molecular complexity index is 860. The van der Waals surface area contributed by atoms with Crippen molar-refractivity contribution in [3.63, 3.8) is 0 Å². The van der Waals surface area contributed by atoms with Crippen molar-refractivity contribution in [2.75, 3.05) is 13.2 Å². The molecule has 0 aliphatic carbocycles. The molecule has 4 nitrogen and oxygen atoms in total. The van der Waals surface area contributed by atoms with Crippen LogP contribution in [0.25, 0.3) is 6.08 Å². The third-order valence-electron chi connectivity index (χ3n) is 3.92. The maximum Gasteiger partial charge on any atom is 0.263 e. The fourth-order valence-corrected chi connectivity index (χ4v) is 3.40. The molecule has 0 radical (unpaired) electrons. The van der Waals surface area contributed by atoms with Gasteiger partial charge in [-0.15, -0.1) is 0 Å². The lowest BCUT2D eigenvalue weighted by atomic mass is 10.1. The normalized spacial score (nSPS) is 15.2. The van der Waals surface area contributed by atoms with E-state index in [1.807, 2.05) is 48.5 Å². The van der Waals surface area contributed by atoms with Crippen molar-refractivity contribution in [1.29, 1.82) is 0 Å². The van der Waals surface area contributed by atoms with Gasteiger partial charge >= 0.3 is 0 Å². The number of aryl methyl sites for hydroxylation is 2. The van der Waals surface area contributed by atoms with Crippen LogP contribution < -0.4 is 14.8 Å². The SMILES string of the molecule is Cc1ccc(OCCOc2ccc(/C=C3\SC(=S)NC3=O)cc2)cc1C. The summed E-state index contributed by atoms with van der Waals surface area (Å²) in [5.41, 5.74) is 3.38. The minimum Gasteiger partial charge on any atom is -0.490 e. The Hall–Kier alpha value is -2.31. The van der Waals surface area contributed by atoms with Crippen molar-refractivity contribution in [1.82, 2.24) is 5.32 Å². The van der Waals surface area contributed by atoms with Crippen molar-refractivity contribution in [2.45, 2.75) is 13.8 Å². The Morgan fingerprint density at radius 2 is 1.65 bits per heavy atom. The summed E-state index contributed by atoms with van der Waals surface area (Å²) in [7, 11) is 0. The molecule has 0 saturated carbocycles. The fraction of sp³-hybridized carbons (Fsp3) is 0.200. The molecule has 1 fully saturated rings. The van der Waals surface area contributed by atoms with Crippen molar-refractivity contribution in [3.8, 4) is 11.5 Å². The molecule has 1 amide bonds. The first-order valence-corrected chi connectivity index (χ1v) is 9.41. The average molecular weight is 386 g/mol. The first kappa shape index (κ1) is 18.5. The number of ether oxygens (including phenoxy) is 2. The van der Waals surface area contributed by atoms with Crippen LogP contribution in [0.3, 0.4) is 0 Å². The van der Waals surface area contributed by atoms with Gasteiger partial charge in [0.1, 0.15) is 29.0 Å². The van der Waals surface area contributed by atoms with Crippen molar-refractivity contribution < 1.29 is 14.3 Å². The summed E-state index contributed by atoms with van der Waals surface area (Å²) >= 11 is 6.25. The van der Waals surface area contributed by atoms with Crippen LogP contribution in [0.1, 0.15) is 16.7 Å². The largest absolute Gasteiger partial charge is 0.490 e. The van der Waals surface area contributed by atoms with Crippen LogP contribution in [0.15, 0.2) is 47.4 Å². The predicted octanol–water partition coefficient (Wildman–Crippen LogP) is 4.25. The second-order valence-corrected chi connectivity index (χ2v) is 7.58. The van der Waals surface area contributed by atoms with E-state index in [0.29, 0.717) is 22.4 Å². The molecule has 1 N–H and O–H groups in total. The van der Waals surface area contributed by atoms with Gasteiger partial charge in [0, 0.05) is 0 Å². The van der Waals surface area contributed by atoms with Crippen LogP contribution in [-0.4, -0.2) is 23.4 Å². The number of hydrogen-bond acceptors (Lipinski definition) is 5. The van der Waals surface area contributed by atoms with E-state index in [-0.39, 0.29) is 5.91 Å². The molecule has 1 saturated heterocycles. The van der Waals surface area contributed by atoms with Gasteiger partial charge in [0.2, 0.25) is 0 Å². The highest BCUT2D eigenvalue weighted by Gasteiger charge is 2.21. The molecule has 0 aromatic heterocycles. The summed E-state index contributed by atoms with van der Waals surface area (Å²) in [6.45, 7) is 5.08. The van der Waals surface area contributed by atoms with Crippen LogP contribution >= 0.6 is 24.0 Å². The molecule has 0 spiro atoms. The van der Waals surface area contributed by atoms with E-state index in [2.05, 4.69) is 19.2 Å². The van der Waals surface area contributed by atoms with Gasteiger partial charge in [-0.05, 0) is 60.9 Å². The molecule has 1 heterocycles. The summed E-state index contributed by atoms with van der Waals surface area (Å²) in [4.78, 5) is 12.3. The van der Waals surface area contributed by atoms with E-state index >= 15 is 0 Å². The quantitative estimate of drug-likeness (QED) is 0.458. The van der Waals surface area contributed by atoms with Gasteiger partial charge in [-0.2, -0.15) is 0 Å². The summed E-state index contributed by atoms with van der Waals surface area (Å²) in [6, 6.07) is 13.6. The van der Waals surface area contributed by atoms with Crippen molar-refractivity contribution >= 4 is 40.3 Å². The van der Waals surface area contributed by atoms with Gasteiger partial charge in [0.25, 0.3) is 5.91 Å². The molecule has 0 unspecified atom stereocenters. The Labute approximate surface area is 162 Å². The zero-order valence-electron chi connectivity index (χ0n) is 14.6. The maximum absolute atomic E-state index is 11.7. The highest BCUT2D eigenvalue weighted by Crippen LogP contribution is 2.26. The molecule has 1 aliphatic heterocycles.